The normalized spacial score (nSPS) is 19.3. The maximum atomic E-state index is 9.92. The van der Waals surface area contributed by atoms with E-state index in [1.807, 2.05) is 0 Å². The molecule has 0 atom stereocenters. The Balaban J connectivity index is 1.37. The lowest BCUT2D eigenvalue weighted by Crippen LogP contribution is -2.00. The van der Waals surface area contributed by atoms with Gasteiger partial charge in [-0.25, -0.2) is 15.0 Å². The van der Waals surface area contributed by atoms with Gasteiger partial charge in [-0.1, -0.05) is 181 Å². The van der Waals surface area contributed by atoms with Crippen LogP contribution >= 0.6 is 11.3 Å². The summed E-state index contributed by atoms with van der Waals surface area (Å²) >= 11 is 0.443. The molecule has 3 nitrogen and oxygen atoms in total. The predicted octanol–water partition coefficient (Wildman–Crippen LogP) is 14.2. The van der Waals surface area contributed by atoms with E-state index < -0.39 is 292 Å². The van der Waals surface area contributed by atoms with E-state index in [1.165, 1.54) is 6.92 Å². The zero-order chi connectivity index (χ0) is 65.3. The van der Waals surface area contributed by atoms with Gasteiger partial charge in [-0.15, -0.1) is 11.3 Å². The van der Waals surface area contributed by atoms with Crippen LogP contribution < -0.4 is 0 Å². The summed E-state index contributed by atoms with van der Waals surface area (Å²) in [6.07, 6.45) is 0. The van der Waals surface area contributed by atoms with Crippen molar-refractivity contribution in [3.8, 4) is 78.7 Å². The number of fused-ring (bicyclic) bond motifs is 3. The zero-order valence-electron chi connectivity index (χ0n) is 60.2. The van der Waals surface area contributed by atoms with Crippen LogP contribution in [0.1, 0.15) is 49.4 Å². The second kappa shape index (κ2) is 14.3. The third kappa shape index (κ3) is 6.36. The van der Waals surface area contributed by atoms with Gasteiger partial charge < -0.3 is 0 Å². The fourth-order valence-electron chi connectivity index (χ4n) is 5.57. The van der Waals surface area contributed by atoms with E-state index in [1.54, 1.807) is 0 Å². The standard InChI is InChI=1S/C52H35N3S/c1-34-14-11-21-40(30-34)36-26-28-39(29-27-36)51-53-50(38-19-9-4-10-20-38)54-52(55-51)42-23-12-22-41(31-42)44-24-13-25-45-47-33-43(35-15-5-2-6-16-35)32-46(49(47)56-48(44)45)37-17-7-3-8-18-37/h2-33H,1H3/i2D,3D,4D,5D,6D,7D,8D,9D,10D,11D,12D,13D,14D,15D,16D,17D,18D,19D,20D,21D,22D,23D,24D,25D,26D,27D,28D,29D,30D,31D,32D,33D. The first kappa shape index (κ1) is 13.9. The molecule has 10 rings (SSSR count). The molecule has 0 aliphatic carbocycles. The SMILES string of the molecule is [2H]c1c([2H])c([2H])c(-c2nc(-c3c([2H])c([2H])c(-c4c([2H])c([2H])c([2H])c(C)c4[2H])c([2H])c3[2H])nc(-c3c([2H])c([2H])c([2H])c(-c4c([2H])c([2H])c([2H])c5c4sc4c(-c6c([2H])c([2H])c([2H])c([2H])c6[2H])c([2H])c(-c6c([2H])c([2H])c([2H])c([2H])c6[2H])c([2H])c45)c3[2H])n2)c([2H])c1[2H]. The second-order valence-corrected chi connectivity index (χ2v) is 12.6. The topological polar surface area (TPSA) is 38.7 Å². The maximum Gasteiger partial charge on any atom is 0.164 e. The summed E-state index contributed by atoms with van der Waals surface area (Å²) in [6, 6.07) is -29.4. The minimum atomic E-state index is -1.09. The van der Waals surface area contributed by atoms with Crippen LogP contribution in [0, 0.1) is 6.92 Å². The Labute approximate surface area is 375 Å². The average Bonchev–Trinajstić information content (AvgIpc) is 1.47. The first-order chi connectivity index (χ1) is 41.0. The monoisotopic (exact) mass is 765 g/mol. The summed E-state index contributed by atoms with van der Waals surface area (Å²) in [5, 5.41) is -1.04. The Hall–Kier alpha value is -7.01. The minimum absolute atomic E-state index is 0.144. The molecule has 0 bridgehead atoms. The molecule has 2 aromatic heterocycles. The molecule has 56 heavy (non-hydrogen) atoms. The Morgan fingerprint density at radius 3 is 1.55 bits per heavy atom. The lowest BCUT2D eigenvalue weighted by molar-refractivity contribution is 1.07. The maximum absolute atomic E-state index is 9.92. The second-order valence-electron chi connectivity index (χ2n) is 11.6. The van der Waals surface area contributed by atoms with E-state index in [-0.39, 0.29) is 5.56 Å². The Morgan fingerprint density at radius 2 is 0.839 bits per heavy atom. The Bertz CT molecular complexity index is 4760. The third-order valence-corrected chi connectivity index (χ3v) is 9.27. The van der Waals surface area contributed by atoms with Gasteiger partial charge in [-0.2, -0.15) is 0 Å². The van der Waals surface area contributed by atoms with Gasteiger partial charge >= 0.3 is 0 Å². The van der Waals surface area contributed by atoms with E-state index >= 15 is 0 Å². The van der Waals surface area contributed by atoms with E-state index in [0.29, 0.717) is 11.3 Å². The highest BCUT2D eigenvalue weighted by atomic mass is 32.1. The highest BCUT2D eigenvalue weighted by molar-refractivity contribution is 7.26. The molecule has 2 heterocycles. The molecule has 0 aliphatic heterocycles. The molecule has 0 N–H and O–H groups in total. The van der Waals surface area contributed by atoms with Crippen LogP contribution in [0.2, 0.25) is 0 Å². The van der Waals surface area contributed by atoms with Crippen LogP contribution in [0.25, 0.3) is 98.8 Å². The van der Waals surface area contributed by atoms with E-state index in [9.17, 15) is 15.1 Å². The number of aromatic nitrogens is 3. The van der Waals surface area contributed by atoms with E-state index in [0.717, 1.165) is 0 Å². The van der Waals surface area contributed by atoms with Gasteiger partial charge in [0.15, 0.2) is 17.5 Å². The molecule has 10 aromatic rings. The fraction of sp³-hybridized carbons (Fsp3) is 0.0192. The summed E-state index contributed by atoms with van der Waals surface area (Å²) < 4.78 is 285. The van der Waals surface area contributed by atoms with Gasteiger partial charge in [0.25, 0.3) is 0 Å². The number of hydrogen-bond acceptors (Lipinski definition) is 4. The smallest absolute Gasteiger partial charge is 0.164 e. The molecule has 0 spiro atoms. The van der Waals surface area contributed by atoms with Crippen LogP contribution in [-0.2, 0) is 0 Å². The van der Waals surface area contributed by atoms with Crippen molar-refractivity contribution in [1.29, 1.82) is 0 Å². The molecule has 0 fully saturated rings. The summed E-state index contributed by atoms with van der Waals surface area (Å²) in [5.74, 6) is -2.77. The average molecular weight is 766 g/mol. The van der Waals surface area contributed by atoms with E-state index in [2.05, 4.69) is 15.0 Å². The minimum Gasteiger partial charge on any atom is -0.208 e. The molecular weight excluding hydrogens is 699 g/mol. The number of nitrogens with zero attached hydrogens (tertiary/aromatic N) is 3. The molecular formula is C52H35N3S. The summed E-state index contributed by atoms with van der Waals surface area (Å²) in [7, 11) is 0. The lowest BCUT2D eigenvalue weighted by Gasteiger charge is -2.10. The summed E-state index contributed by atoms with van der Waals surface area (Å²) in [4.78, 5) is 12.9. The number of benzene rings is 8. The van der Waals surface area contributed by atoms with Crippen LogP contribution in [0.5, 0.6) is 0 Å². The van der Waals surface area contributed by atoms with Gasteiger partial charge in [0, 0.05) is 42.4 Å². The predicted molar refractivity (Wildman–Crippen MR) is 236 cm³/mol. The number of thiophene rings is 1. The quantitative estimate of drug-likeness (QED) is 0.162. The highest BCUT2D eigenvalue weighted by Crippen LogP contribution is 2.46. The van der Waals surface area contributed by atoms with Crippen LogP contribution in [-0.4, -0.2) is 15.0 Å². The lowest BCUT2D eigenvalue weighted by atomic mass is 9.95. The Morgan fingerprint density at radius 1 is 0.339 bits per heavy atom. The summed E-state index contributed by atoms with van der Waals surface area (Å²) in [6.45, 7) is 1.27. The first-order valence-corrected chi connectivity index (χ1v) is 17.1. The summed E-state index contributed by atoms with van der Waals surface area (Å²) in [5.41, 5.74) is -8.32. The third-order valence-electron chi connectivity index (χ3n) is 8.04. The number of hydrogen-bond donors (Lipinski definition) is 0. The van der Waals surface area contributed by atoms with Gasteiger partial charge in [-0.3, -0.25) is 0 Å². The molecule has 4 heteroatoms. The highest BCUT2D eigenvalue weighted by Gasteiger charge is 2.18. The van der Waals surface area contributed by atoms with Crippen LogP contribution in [0.3, 0.4) is 0 Å². The largest absolute Gasteiger partial charge is 0.208 e. The number of rotatable bonds is 7. The molecule has 0 unspecified atom stereocenters. The van der Waals surface area contributed by atoms with Crippen molar-refractivity contribution < 1.29 is 43.9 Å². The molecule has 0 saturated carbocycles. The van der Waals surface area contributed by atoms with Gasteiger partial charge in [0.05, 0.1) is 43.9 Å². The van der Waals surface area contributed by atoms with Gasteiger partial charge in [0.2, 0.25) is 0 Å². The van der Waals surface area contributed by atoms with Crippen molar-refractivity contribution in [2.75, 3.05) is 0 Å². The molecule has 0 radical (unpaired) electrons. The molecule has 264 valence electrons. The Kier molecular flexibility index (Phi) is 3.57. The van der Waals surface area contributed by atoms with Gasteiger partial charge in [-0.05, 0) is 64.0 Å². The fourth-order valence-corrected chi connectivity index (χ4v) is 6.79. The van der Waals surface area contributed by atoms with Crippen LogP contribution in [0.15, 0.2) is 193 Å². The first-order valence-electron chi connectivity index (χ1n) is 32.2. The van der Waals surface area contributed by atoms with Crippen molar-refractivity contribution in [3.63, 3.8) is 0 Å². The molecule has 0 amide bonds. The van der Waals surface area contributed by atoms with Crippen molar-refractivity contribution in [1.82, 2.24) is 15.0 Å². The van der Waals surface area contributed by atoms with Crippen molar-refractivity contribution in [2.24, 2.45) is 0 Å². The van der Waals surface area contributed by atoms with Crippen molar-refractivity contribution in [2.45, 2.75) is 6.92 Å². The van der Waals surface area contributed by atoms with Crippen LogP contribution in [0.4, 0.5) is 0 Å². The van der Waals surface area contributed by atoms with E-state index in [4.69, 9.17) is 28.8 Å². The zero-order valence-corrected chi connectivity index (χ0v) is 29.1. The molecule has 8 aromatic carbocycles. The van der Waals surface area contributed by atoms with Crippen molar-refractivity contribution >= 4 is 31.5 Å². The van der Waals surface area contributed by atoms with Crippen molar-refractivity contribution in [3.05, 3.63) is 199 Å². The molecule has 0 saturated heterocycles. The van der Waals surface area contributed by atoms with Gasteiger partial charge in [0.1, 0.15) is 0 Å². The molecule has 0 aliphatic rings.